The number of carbonyl (C=O) groups excluding carboxylic acids is 1. The number of amides is 2. The average Bonchev–Trinajstić information content (AvgIpc) is 3.21. The number of hydrogen-bond acceptors (Lipinski definition) is 5. The molecule has 0 unspecified atom stereocenters. The molecule has 3 aromatic rings. The number of anilines is 1. The van der Waals surface area contributed by atoms with E-state index < -0.39 is 0 Å². The minimum Gasteiger partial charge on any atom is -0.352 e. The summed E-state index contributed by atoms with van der Waals surface area (Å²) in [5, 5.41) is 7.22. The van der Waals surface area contributed by atoms with Crippen LogP contribution in [-0.2, 0) is 0 Å². The molecule has 1 fully saturated rings. The van der Waals surface area contributed by atoms with E-state index in [-0.39, 0.29) is 6.03 Å². The van der Waals surface area contributed by atoms with E-state index in [1.54, 1.807) is 22.4 Å². The summed E-state index contributed by atoms with van der Waals surface area (Å²) in [6.07, 6.45) is 1.76. The third kappa shape index (κ3) is 3.03. The number of rotatable bonds is 5. The normalized spacial score (nSPS) is 14.2. The van der Waals surface area contributed by atoms with Gasteiger partial charge in [0.1, 0.15) is 0 Å². The van der Waals surface area contributed by atoms with E-state index in [1.807, 2.05) is 18.2 Å². The van der Waals surface area contributed by atoms with Crippen LogP contribution in [0.2, 0.25) is 0 Å². The van der Waals surface area contributed by atoms with Crippen LogP contribution in [0.5, 0.6) is 0 Å². The van der Waals surface area contributed by atoms with Crippen LogP contribution >= 0.6 is 11.3 Å². The summed E-state index contributed by atoms with van der Waals surface area (Å²) in [7, 11) is 0. The third-order valence-electron chi connectivity index (χ3n) is 3.94. The molecule has 1 aliphatic rings. The van der Waals surface area contributed by atoms with E-state index in [4.69, 9.17) is 0 Å². The van der Waals surface area contributed by atoms with Crippen LogP contribution < -0.4 is 10.6 Å². The summed E-state index contributed by atoms with van der Waals surface area (Å²) in [4.78, 5) is 23.3. The number of benzene rings is 1. The molecule has 0 saturated carbocycles. The summed E-state index contributed by atoms with van der Waals surface area (Å²) < 4.78 is 1.25. The highest BCUT2D eigenvalue weighted by molar-refractivity contribution is 7.22. The molecule has 1 aliphatic heterocycles. The highest BCUT2D eigenvalue weighted by atomic mass is 32.1. The van der Waals surface area contributed by atoms with Crippen molar-refractivity contribution in [3.05, 3.63) is 42.6 Å². The fourth-order valence-electron chi connectivity index (χ4n) is 2.72. The van der Waals surface area contributed by atoms with Gasteiger partial charge in [0.2, 0.25) is 5.95 Å². The fourth-order valence-corrected chi connectivity index (χ4v) is 3.75. The van der Waals surface area contributed by atoms with Gasteiger partial charge >= 0.3 is 6.03 Å². The number of nitrogens with one attached hydrogen (secondary N) is 2. The van der Waals surface area contributed by atoms with E-state index in [2.05, 4.69) is 38.8 Å². The van der Waals surface area contributed by atoms with Crippen molar-refractivity contribution in [1.29, 1.82) is 0 Å². The topological polar surface area (TPSA) is 70.2 Å². The zero-order valence-corrected chi connectivity index (χ0v) is 13.8. The van der Waals surface area contributed by atoms with Gasteiger partial charge in [-0.05, 0) is 23.6 Å². The maximum atomic E-state index is 11.5. The van der Waals surface area contributed by atoms with E-state index in [9.17, 15) is 4.79 Å². The Morgan fingerprint density at radius 3 is 3.04 bits per heavy atom. The van der Waals surface area contributed by atoms with Crippen LogP contribution in [0.25, 0.3) is 20.7 Å². The molecule has 2 aromatic heterocycles. The maximum absolute atomic E-state index is 11.5. The Balaban J connectivity index is 1.46. The molecule has 0 spiro atoms. The van der Waals surface area contributed by atoms with Gasteiger partial charge in [-0.2, -0.15) is 0 Å². The van der Waals surface area contributed by atoms with Crippen molar-refractivity contribution in [3.63, 3.8) is 0 Å². The second kappa shape index (κ2) is 6.45. The standard InChI is InChI=1S/C17H17N5OS/c23-17-20-8-10-22(17)9-7-19-16-18-6-5-13(21-16)15-11-12-3-1-2-4-14(12)24-15/h1-6,11H,7-10H2,(H,20,23)(H,18,19,21). The summed E-state index contributed by atoms with van der Waals surface area (Å²) in [5.74, 6) is 0.588. The number of aromatic nitrogens is 2. The Labute approximate surface area is 143 Å². The van der Waals surface area contributed by atoms with Gasteiger partial charge in [0.15, 0.2) is 0 Å². The fraction of sp³-hybridized carbons (Fsp3) is 0.235. The molecule has 6 nitrogen and oxygen atoms in total. The highest BCUT2D eigenvalue weighted by Gasteiger charge is 2.18. The number of hydrogen-bond donors (Lipinski definition) is 2. The molecule has 7 heteroatoms. The second-order valence-corrected chi connectivity index (χ2v) is 6.64. The quantitative estimate of drug-likeness (QED) is 0.750. The largest absolute Gasteiger partial charge is 0.352 e. The van der Waals surface area contributed by atoms with Crippen molar-refractivity contribution in [2.75, 3.05) is 31.5 Å². The van der Waals surface area contributed by atoms with Crippen molar-refractivity contribution in [2.24, 2.45) is 0 Å². The van der Waals surface area contributed by atoms with Crippen LogP contribution in [0.4, 0.5) is 10.7 Å². The minimum absolute atomic E-state index is 0.00301. The molecule has 2 amide bonds. The van der Waals surface area contributed by atoms with Gasteiger partial charge in [-0.3, -0.25) is 0 Å². The van der Waals surface area contributed by atoms with Crippen LogP contribution in [0, 0.1) is 0 Å². The monoisotopic (exact) mass is 339 g/mol. The molecule has 24 heavy (non-hydrogen) atoms. The molecule has 0 radical (unpaired) electrons. The lowest BCUT2D eigenvalue weighted by Crippen LogP contribution is -2.32. The molecule has 2 N–H and O–H groups in total. The smallest absolute Gasteiger partial charge is 0.317 e. The molecule has 1 aromatic carbocycles. The summed E-state index contributed by atoms with van der Waals surface area (Å²) >= 11 is 1.72. The average molecular weight is 339 g/mol. The molecular weight excluding hydrogens is 322 g/mol. The lowest BCUT2D eigenvalue weighted by molar-refractivity contribution is 0.219. The van der Waals surface area contributed by atoms with Gasteiger partial charge in [-0.15, -0.1) is 11.3 Å². The predicted octanol–water partition coefficient (Wildman–Crippen LogP) is 2.80. The predicted molar refractivity (Wildman–Crippen MR) is 96.3 cm³/mol. The zero-order chi connectivity index (χ0) is 16.4. The van der Waals surface area contributed by atoms with Gasteiger partial charge in [0, 0.05) is 37.1 Å². The van der Waals surface area contributed by atoms with Crippen LogP contribution in [0.15, 0.2) is 42.6 Å². The van der Waals surface area contributed by atoms with Crippen LogP contribution in [-0.4, -0.2) is 47.1 Å². The summed E-state index contributed by atoms with van der Waals surface area (Å²) in [6, 6.07) is 12.4. The molecule has 1 saturated heterocycles. The van der Waals surface area contributed by atoms with E-state index in [0.717, 1.165) is 23.7 Å². The van der Waals surface area contributed by atoms with Crippen molar-refractivity contribution in [2.45, 2.75) is 0 Å². The van der Waals surface area contributed by atoms with Crippen molar-refractivity contribution < 1.29 is 4.79 Å². The minimum atomic E-state index is -0.00301. The van der Waals surface area contributed by atoms with Crippen LogP contribution in [0.1, 0.15) is 0 Å². The summed E-state index contributed by atoms with van der Waals surface area (Å²) in [5.41, 5.74) is 0.910. The first-order valence-electron chi connectivity index (χ1n) is 7.88. The van der Waals surface area contributed by atoms with Gasteiger partial charge in [-0.1, -0.05) is 18.2 Å². The van der Waals surface area contributed by atoms with E-state index in [1.165, 1.54) is 10.1 Å². The molecule has 0 bridgehead atoms. The summed E-state index contributed by atoms with van der Waals surface area (Å²) in [6.45, 7) is 2.74. The third-order valence-corrected chi connectivity index (χ3v) is 5.08. The van der Waals surface area contributed by atoms with Crippen LogP contribution in [0.3, 0.4) is 0 Å². The molecule has 4 rings (SSSR count). The van der Waals surface area contributed by atoms with Crippen molar-refractivity contribution in [3.8, 4) is 10.6 Å². The Hall–Kier alpha value is -2.67. The number of thiophene rings is 1. The Bertz CT molecular complexity index is 845. The molecule has 3 heterocycles. The lowest BCUT2D eigenvalue weighted by atomic mass is 10.2. The Morgan fingerprint density at radius 2 is 2.21 bits per heavy atom. The first kappa shape index (κ1) is 14.9. The Kier molecular flexibility index (Phi) is 4.00. The maximum Gasteiger partial charge on any atom is 0.317 e. The van der Waals surface area contributed by atoms with E-state index >= 15 is 0 Å². The number of urea groups is 1. The zero-order valence-electron chi connectivity index (χ0n) is 13.0. The van der Waals surface area contributed by atoms with Crippen molar-refractivity contribution in [1.82, 2.24) is 20.2 Å². The molecule has 122 valence electrons. The number of carbonyl (C=O) groups is 1. The van der Waals surface area contributed by atoms with E-state index in [0.29, 0.717) is 19.0 Å². The van der Waals surface area contributed by atoms with Gasteiger partial charge in [0.25, 0.3) is 0 Å². The molecule has 0 aliphatic carbocycles. The van der Waals surface area contributed by atoms with Gasteiger partial charge in [0.05, 0.1) is 10.6 Å². The first-order chi connectivity index (χ1) is 11.8. The lowest BCUT2D eigenvalue weighted by Gasteiger charge is -2.14. The number of nitrogens with zero attached hydrogens (tertiary/aromatic N) is 3. The molecule has 0 atom stereocenters. The van der Waals surface area contributed by atoms with Crippen molar-refractivity contribution >= 4 is 33.4 Å². The Morgan fingerprint density at radius 1 is 1.29 bits per heavy atom. The first-order valence-corrected chi connectivity index (χ1v) is 8.70. The SMILES string of the molecule is O=C1NCCN1CCNc1nccc(-c2cc3ccccc3s2)n1. The van der Waals surface area contributed by atoms with Gasteiger partial charge in [-0.25, -0.2) is 14.8 Å². The molecular formula is C17H17N5OS. The van der Waals surface area contributed by atoms with Gasteiger partial charge < -0.3 is 15.5 Å². The number of fused-ring (bicyclic) bond motifs is 1. The second-order valence-electron chi connectivity index (χ2n) is 5.56. The highest BCUT2D eigenvalue weighted by Crippen LogP contribution is 2.32.